The van der Waals surface area contributed by atoms with Gasteiger partial charge in [-0.1, -0.05) is 30.3 Å². The molecule has 0 amide bonds. The lowest BCUT2D eigenvalue weighted by Gasteiger charge is -2.06. The number of benzene rings is 1. The zero-order valence-corrected chi connectivity index (χ0v) is 9.11. The van der Waals surface area contributed by atoms with Gasteiger partial charge in [-0.25, -0.2) is 13.8 Å². The van der Waals surface area contributed by atoms with Crippen LogP contribution in [0.1, 0.15) is 17.6 Å². The van der Waals surface area contributed by atoms with Gasteiger partial charge in [0.15, 0.2) is 0 Å². The Hall–Kier alpha value is -1.97. The lowest BCUT2D eigenvalue weighted by Crippen LogP contribution is -2.00. The van der Waals surface area contributed by atoms with E-state index in [2.05, 4.69) is 10.3 Å². The first kappa shape index (κ1) is 11.5. The number of alkyl halides is 2. The van der Waals surface area contributed by atoms with Crippen molar-refractivity contribution in [2.45, 2.75) is 13.0 Å². The van der Waals surface area contributed by atoms with E-state index >= 15 is 0 Å². The van der Waals surface area contributed by atoms with Gasteiger partial charge in [0.05, 0.1) is 0 Å². The SMILES string of the molecule is FC(F)c1ccc(CNc2ccccn2)cc1. The van der Waals surface area contributed by atoms with E-state index in [1.807, 2.05) is 18.2 Å². The smallest absolute Gasteiger partial charge is 0.263 e. The Morgan fingerprint density at radius 2 is 1.82 bits per heavy atom. The summed E-state index contributed by atoms with van der Waals surface area (Å²) >= 11 is 0. The highest BCUT2D eigenvalue weighted by atomic mass is 19.3. The molecule has 2 aromatic rings. The third kappa shape index (κ3) is 3.24. The van der Waals surface area contributed by atoms with Gasteiger partial charge in [0.1, 0.15) is 5.82 Å². The average Bonchev–Trinajstić information content (AvgIpc) is 2.38. The fraction of sp³-hybridized carbons (Fsp3) is 0.154. The van der Waals surface area contributed by atoms with Crippen molar-refractivity contribution in [3.63, 3.8) is 0 Å². The molecular weight excluding hydrogens is 222 g/mol. The number of hydrogen-bond acceptors (Lipinski definition) is 2. The van der Waals surface area contributed by atoms with E-state index in [1.54, 1.807) is 18.3 Å². The van der Waals surface area contributed by atoms with E-state index in [0.717, 1.165) is 11.4 Å². The van der Waals surface area contributed by atoms with Gasteiger partial charge in [-0.05, 0) is 17.7 Å². The minimum absolute atomic E-state index is 0.0478. The van der Waals surface area contributed by atoms with Gasteiger partial charge in [-0.2, -0.15) is 0 Å². The largest absolute Gasteiger partial charge is 0.366 e. The van der Waals surface area contributed by atoms with E-state index in [-0.39, 0.29) is 5.56 Å². The highest BCUT2D eigenvalue weighted by Crippen LogP contribution is 2.18. The normalized spacial score (nSPS) is 10.5. The summed E-state index contributed by atoms with van der Waals surface area (Å²) < 4.78 is 24.6. The molecule has 1 aromatic heterocycles. The van der Waals surface area contributed by atoms with Crippen molar-refractivity contribution in [2.24, 2.45) is 0 Å². The highest BCUT2D eigenvalue weighted by molar-refractivity contribution is 5.35. The number of aromatic nitrogens is 1. The van der Waals surface area contributed by atoms with Gasteiger partial charge >= 0.3 is 0 Å². The zero-order chi connectivity index (χ0) is 12.1. The van der Waals surface area contributed by atoms with Crippen molar-refractivity contribution in [2.75, 3.05) is 5.32 Å². The maximum Gasteiger partial charge on any atom is 0.263 e. The van der Waals surface area contributed by atoms with Crippen LogP contribution in [0.3, 0.4) is 0 Å². The summed E-state index contributed by atoms with van der Waals surface area (Å²) in [5.74, 6) is 0.769. The van der Waals surface area contributed by atoms with Crippen LogP contribution < -0.4 is 5.32 Å². The predicted octanol–water partition coefficient (Wildman–Crippen LogP) is 3.63. The third-order valence-electron chi connectivity index (χ3n) is 2.37. The summed E-state index contributed by atoms with van der Waals surface area (Å²) in [5, 5.41) is 3.11. The van der Waals surface area contributed by atoms with E-state index in [1.165, 1.54) is 12.1 Å². The Balaban J connectivity index is 1.96. The summed E-state index contributed by atoms with van der Waals surface area (Å²) in [6.07, 6.45) is -0.713. The zero-order valence-electron chi connectivity index (χ0n) is 9.11. The second-order valence-electron chi connectivity index (χ2n) is 3.61. The summed E-state index contributed by atoms with van der Waals surface area (Å²) in [6.45, 7) is 0.570. The minimum Gasteiger partial charge on any atom is -0.366 e. The molecule has 1 heterocycles. The van der Waals surface area contributed by atoms with E-state index in [0.29, 0.717) is 6.54 Å². The third-order valence-corrected chi connectivity index (χ3v) is 2.37. The lowest BCUT2D eigenvalue weighted by molar-refractivity contribution is 0.151. The van der Waals surface area contributed by atoms with Gasteiger partial charge in [0.2, 0.25) is 0 Å². The number of rotatable bonds is 4. The van der Waals surface area contributed by atoms with Crippen molar-refractivity contribution in [1.29, 1.82) is 0 Å². The second kappa shape index (κ2) is 5.39. The molecule has 2 nitrogen and oxygen atoms in total. The van der Waals surface area contributed by atoms with Crippen molar-refractivity contribution in [3.05, 3.63) is 59.8 Å². The molecule has 17 heavy (non-hydrogen) atoms. The average molecular weight is 234 g/mol. The van der Waals surface area contributed by atoms with Gasteiger partial charge in [-0.3, -0.25) is 0 Å². The predicted molar refractivity (Wildman–Crippen MR) is 63.0 cm³/mol. The molecule has 0 spiro atoms. The van der Waals surface area contributed by atoms with Crippen LogP contribution in [-0.2, 0) is 6.54 Å². The molecule has 0 aliphatic rings. The molecule has 0 unspecified atom stereocenters. The maximum absolute atomic E-state index is 12.3. The fourth-order valence-electron chi connectivity index (χ4n) is 1.44. The lowest BCUT2D eigenvalue weighted by atomic mass is 10.1. The molecule has 0 aliphatic heterocycles. The van der Waals surface area contributed by atoms with Crippen LogP contribution in [0, 0.1) is 0 Å². The van der Waals surface area contributed by atoms with E-state index < -0.39 is 6.43 Å². The molecule has 0 saturated carbocycles. The quantitative estimate of drug-likeness (QED) is 0.873. The summed E-state index contributed by atoms with van der Waals surface area (Å²) in [5.41, 5.74) is 0.992. The monoisotopic (exact) mass is 234 g/mol. The molecule has 2 rings (SSSR count). The summed E-state index contributed by atoms with van der Waals surface area (Å²) in [7, 11) is 0. The first-order valence-electron chi connectivity index (χ1n) is 5.27. The Morgan fingerprint density at radius 1 is 1.06 bits per heavy atom. The molecule has 1 aromatic carbocycles. The Kier molecular flexibility index (Phi) is 3.65. The van der Waals surface area contributed by atoms with Crippen molar-refractivity contribution in [1.82, 2.24) is 4.98 Å². The maximum atomic E-state index is 12.3. The van der Waals surface area contributed by atoms with Crippen LogP contribution in [0.5, 0.6) is 0 Å². The first-order valence-corrected chi connectivity index (χ1v) is 5.27. The van der Waals surface area contributed by atoms with E-state index in [9.17, 15) is 8.78 Å². The van der Waals surface area contributed by atoms with Gasteiger partial charge < -0.3 is 5.32 Å². The molecule has 88 valence electrons. The molecule has 0 saturated heterocycles. The highest BCUT2D eigenvalue weighted by Gasteiger charge is 2.05. The molecule has 1 N–H and O–H groups in total. The van der Waals surface area contributed by atoms with Crippen LogP contribution >= 0.6 is 0 Å². The standard InChI is InChI=1S/C13H12F2N2/c14-13(15)11-6-4-10(5-7-11)9-17-12-3-1-2-8-16-12/h1-8,13H,9H2,(H,16,17). The Labute approximate surface area is 98.3 Å². The van der Waals surface area contributed by atoms with Crippen LogP contribution in [0.15, 0.2) is 48.7 Å². The van der Waals surface area contributed by atoms with Crippen molar-refractivity contribution in [3.8, 4) is 0 Å². The fourth-order valence-corrected chi connectivity index (χ4v) is 1.44. The molecule has 0 atom stereocenters. The Morgan fingerprint density at radius 3 is 2.41 bits per heavy atom. The molecular formula is C13H12F2N2. The number of halogens is 2. The molecule has 4 heteroatoms. The number of hydrogen-bond donors (Lipinski definition) is 1. The van der Waals surface area contributed by atoms with Crippen LogP contribution in [-0.4, -0.2) is 4.98 Å². The number of pyridine rings is 1. The second-order valence-corrected chi connectivity index (χ2v) is 3.61. The molecule has 0 aliphatic carbocycles. The first-order chi connectivity index (χ1) is 8.25. The van der Waals surface area contributed by atoms with Crippen molar-refractivity contribution < 1.29 is 8.78 Å². The molecule has 0 bridgehead atoms. The summed E-state index contributed by atoms with van der Waals surface area (Å²) in [6, 6.07) is 11.8. The molecule has 0 radical (unpaired) electrons. The topological polar surface area (TPSA) is 24.9 Å². The number of anilines is 1. The van der Waals surface area contributed by atoms with Crippen LogP contribution in [0.4, 0.5) is 14.6 Å². The van der Waals surface area contributed by atoms with Crippen molar-refractivity contribution >= 4 is 5.82 Å². The van der Waals surface area contributed by atoms with Gasteiger partial charge in [0.25, 0.3) is 6.43 Å². The molecule has 0 fully saturated rings. The van der Waals surface area contributed by atoms with Gasteiger partial charge in [0, 0.05) is 18.3 Å². The van der Waals surface area contributed by atoms with Crippen LogP contribution in [0.25, 0.3) is 0 Å². The number of nitrogens with zero attached hydrogens (tertiary/aromatic N) is 1. The van der Waals surface area contributed by atoms with Gasteiger partial charge in [-0.15, -0.1) is 0 Å². The minimum atomic E-state index is -2.41. The Bertz CT molecular complexity index is 455. The number of nitrogens with one attached hydrogen (secondary N) is 1. The van der Waals surface area contributed by atoms with E-state index in [4.69, 9.17) is 0 Å². The summed E-state index contributed by atoms with van der Waals surface area (Å²) in [4.78, 5) is 4.11. The van der Waals surface area contributed by atoms with Crippen LogP contribution in [0.2, 0.25) is 0 Å².